The number of thioether (sulfide) groups is 2. The van der Waals surface area contributed by atoms with Crippen molar-refractivity contribution in [1.29, 1.82) is 0 Å². The van der Waals surface area contributed by atoms with E-state index in [0.29, 0.717) is 4.58 Å². The second kappa shape index (κ2) is 2.27. The molecule has 2 aliphatic rings. The van der Waals surface area contributed by atoms with Crippen molar-refractivity contribution in [2.75, 3.05) is 0 Å². The molecule has 0 aromatic rings. The standard InChI is InChI=1S/C7H5S2/c1-2-6-3-5-9-7(6)8-4-1/h1-4,7H. The van der Waals surface area contributed by atoms with E-state index in [9.17, 15) is 0 Å². The average molecular weight is 153 g/mol. The molecule has 0 nitrogen and oxygen atoms in total. The maximum absolute atomic E-state index is 3.13. The Bertz CT molecular complexity index is 201. The Morgan fingerprint density at radius 2 is 2.56 bits per heavy atom. The first-order valence-electron chi connectivity index (χ1n) is 2.73. The third-order valence-corrected chi connectivity index (χ3v) is 3.44. The molecule has 1 atom stereocenters. The van der Waals surface area contributed by atoms with Crippen molar-refractivity contribution >= 4 is 23.5 Å². The number of rotatable bonds is 0. The van der Waals surface area contributed by atoms with Gasteiger partial charge in [0.05, 0.1) is 4.58 Å². The van der Waals surface area contributed by atoms with Gasteiger partial charge in [0, 0.05) is 5.41 Å². The van der Waals surface area contributed by atoms with Crippen molar-refractivity contribution in [3.8, 4) is 0 Å². The SMILES string of the molecule is [C]1=CC2=CC=CSC2S1. The van der Waals surface area contributed by atoms with Crippen molar-refractivity contribution in [2.45, 2.75) is 4.58 Å². The summed E-state index contributed by atoms with van der Waals surface area (Å²) in [6.45, 7) is 0. The average Bonchev–Trinajstić information content (AvgIpc) is 2.33. The normalized spacial score (nSPS) is 30.2. The molecule has 1 unspecified atom stereocenters. The monoisotopic (exact) mass is 153 g/mol. The number of allylic oxidation sites excluding steroid dienone is 3. The van der Waals surface area contributed by atoms with Crippen LogP contribution in [0.3, 0.4) is 0 Å². The molecule has 0 saturated carbocycles. The van der Waals surface area contributed by atoms with Crippen molar-refractivity contribution in [2.24, 2.45) is 0 Å². The predicted molar refractivity (Wildman–Crippen MR) is 44.0 cm³/mol. The Morgan fingerprint density at radius 1 is 1.56 bits per heavy atom. The highest BCUT2D eigenvalue weighted by atomic mass is 32.2. The minimum absolute atomic E-state index is 0.606. The van der Waals surface area contributed by atoms with Gasteiger partial charge in [-0.3, -0.25) is 0 Å². The molecule has 2 heteroatoms. The summed E-state index contributed by atoms with van der Waals surface area (Å²) in [5, 5.41) is 5.25. The lowest BCUT2D eigenvalue weighted by Gasteiger charge is -2.09. The summed E-state index contributed by atoms with van der Waals surface area (Å²) in [5.41, 5.74) is 1.40. The lowest BCUT2D eigenvalue weighted by atomic mass is 10.3. The van der Waals surface area contributed by atoms with Gasteiger partial charge in [-0.05, 0) is 17.1 Å². The molecule has 1 radical (unpaired) electrons. The second-order valence-electron chi connectivity index (χ2n) is 1.84. The highest BCUT2D eigenvalue weighted by molar-refractivity contribution is 8.19. The van der Waals surface area contributed by atoms with E-state index < -0.39 is 0 Å². The van der Waals surface area contributed by atoms with E-state index in [0.717, 1.165) is 0 Å². The van der Waals surface area contributed by atoms with Gasteiger partial charge in [0.15, 0.2) is 0 Å². The van der Waals surface area contributed by atoms with E-state index in [4.69, 9.17) is 0 Å². The third kappa shape index (κ3) is 0.970. The van der Waals surface area contributed by atoms with Crippen LogP contribution in [0.4, 0.5) is 0 Å². The van der Waals surface area contributed by atoms with Gasteiger partial charge in [-0.2, -0.15) is 0 Å². The van der Waals surface area contributed by atoms with Gasteiger partial charge in [0.1, 0.15) is 0 Å². The van der Waals surface area contributed by atoms with Gasteiger partial charge in [0.2, 0.25) is 0 Å². The largest absolute Gasteiger partial charge is 0.114 e. The first-order valence-corrected chi connectivity index (χ1v) is 4.56. The molecule has 9 heavy (non-hydrogen) atoms. The first kappa shape index (κ1) is 5.69. The van der Waals surface area contributed by atoms with E-state index in [1.54, 1.807) is 11.8 Å². The highest BCUT2D eigenvalue weighted by Gasteiger charge is 2.17. The molecule has 45 valence electrons. The summed E-state index contributed by atoms with van der Waals surface area (Å²) in [6.07, 6.45) is 6.29. The summed E-state index contributed by atoms with van der Waals surface area (Å²) >= 11 is 3.62. The van der Waals surface area contributed by atoms with E-state index in [1.165, 1.54) is 5.57 Å². The van der Waals surface area contributed by atoms with Crippen LogP contribution in [0.1, 0.15) is 0 Å². The zero-order chi connectivity index (χ0) is 6.10. The Hall–Kier alpha value is -0.0800. The van der Waals surface area contributed by atoms with Crippen molar-refractivity contribution < 1.29 is 0 Å². The van der Waals surface area contributed by atoms with Crippen LogP contribution in [-0.4, -0.2) is 4.58 Å². The fraction of sp³-hybridized carbons (Fsp3) is 0.143. The van der Waals surface area contributed by atoms with E-state index in [-0.39, 0.29) is 0 Å². The first-order chi connectivity index (χ1) is 4.47. The Morgan fingerprint density at radius 3 is 3.44 bits per heavy atom. The second-order valence-corrected chi connectivity index (χ2v) is 4.10. The lowest BCUT2D eigenvalue weighted by molar-refractivity contribution is 1.49. The molecule has 2 rings (SSSR count). The quantitative estimate of drug-likeness (QED) is 0.524. The fourth-order valence-electron chi connectivity index (χ4n) is 0.800. The summed E-state index contributed by atoms with van der Waals surface area (Å²) in [5.74, 6) is 0. The molecular formula is C7H5S2. The fourth-order valence-corrected chi connectivity index (χ4v) is 2.61. The minimum Gasteiger partial charge on any atom is -0.114 e. The van der Waals surface area contributed by atoms with Gasteiger partial charge in [-0.25, -0.2) is 0 Å². The summed E-state index contributed by atoms with van der Waals surface area (Å²) < 4.78 is 0.606. The van der Waals surface area contributed by atoms with Gasteiger partial charge in [-0.15, -0.1) is 23.5 Å². The molecule has 0 aromatic carbocycles. The molecule has 0 bridgehead atoms. The maximum atomic E-state index is 3.13. The van der Waals surface area contributed by atoms with E-state index in [2.05, 4.69) is 29.0 Å². The van der Waals surface area contributed by atoms with E-state index >= 15 is 0 Å². The summed E-state index contributed by atoms with van der Waals surface area (Å²) in [7, 11) is 0. The zero-order valence-corrected chi connectivity index (χ0v) is 6.34. The van der Waals surface area contributed by atoms with E-state index in [1.807, 2.05) is 11.8 Å². The van der Waals surface area contributed by atoms with Crippen LogP contribution in [0, 0.1) is 5.41 Å². The Labute approximate surface area is 63.1 Å². The van der Waals surface area contributed by atoms with Crippen LogP contribution in [0.2, 0.25) is 0 Å². The molecule has 0 saturated heterocycles. The topological polar surface area (TPSA) is 0 Å². The van der Waals surface area contributed by atoms with Crippen LogP contribution >= 0.6 is 23.5 Å². The van der Waals surface area contributed by atoms with Crippen LogP contribution in [0.5, 0.6) is 0 Å². The van der Waals surface area contributed by atoms with Gasteiger partial charge in [0.25, 0.3) is 0 Å². The van der Waals surface area contributed by atoms with Crippen molar-refractivity contribution in [3.05, 3.63) is 34.6 Å². The zero-order valence-electron chi connectivity index (χ0n) is 4.70. The smallest absolute Gasteiger partial charge is 0.0840 e. The summed E-state index contributed by atoms with van der Waals surface area (Å²) in [6, 6.07) is 0. The summed E-state index contributed by atoms with van der Waals surface area (Å²) in [4.78, 5) is 0. The molecule has 0 aromatic heterocycles. The predicted octanol–water partition coefficient (Wildman–Crippen LogP) is 2.56. The van der Waals surface area contributed by atoms with Gasteiger partial charge < -0.3 is 0 Å². The molecule has 0 N–H and O–H groups in total. The molecular weight excluding hydrogens is 148 g/mol. The number of hydrogen-bond acceptors (Lipinski definition) is 2. The third-order valence-electron chi connectivity index (χ3n) is 1.24. The Balaban J connectivity index is 2.31. The van der Waals surface area contributed by atoms with Crippen molar-refractivity contribution in [1.82, 2.24) is 0 Å². The molecule has 0 aliphatic carbocycles. The Kier molecular flexibility index (Phi) is 1.44. The molecule has 0 amide bonds. The van der Waals surface area contributed by atoms with Crippen LogP contribution in [-0.2, 0) is 0 Å². The molecule has 0 spiro atoms. The van der Waals surface area contributed by atoms with Gasteiger partial charge in [-0.1, -0.05) is 12.2 Å². The molecule has 0 fully saturated rings. The maximum Gasteiger partial charge on any atom is 0.0840 e. The minimum atomic E-state index is 0.606. The van der Waals surface area contributed by atoms with Crippen LogP contribution in [0.15, 0.2) is 29.2 Å². The lowest BCUT2D eigenvalue weighted by Crippen LogP contribution is -1.94. The van der Waals surface area contributed by atoms with Gasteiger partial charge >= 0.3 is 0 Å². The van der Waals surface area contributed by atoms with Crippen LogP contribution in [0.25, 0.3) is 0 Å². The molecule has 2 heterocycles. The molecule has 2 aliphatic heterocycles. The van der Waals surface area contributed by atoms with Crippen molar-refractivity contribution in [3.63, 3.8) is 0 Å². The van der Waals surface area contributed by atoms with Crippen LogP contribution < -0.4 is 0 Å². The number of fused-ring (bicyclic) bond motifs is 1. The number of hydrogen-bond donors (Lipinski definition) is 0. The highest BCUT2D eigenvalue weighted by Crippen LogP contribution is 2.39.